The number of nitrogens with zero attached hydrogens (tertiary/aromatic N) is 1. The summed E-state index contributed by atoms with van der Waals surface area (Å²) in [5.74, 6) is 0. The minimum absolute atomic E-state index is 0.512. The van der Waals surface area contributed by atoms with E-state index in [-0.39, 0.29) is 0 Å². The Bertz CT molecular complexity index is 337. The Morgan fingerprint density at radius 2 is 2.06 bits per heavy atom. The van der Waals surface area contributed by atoms with Gasteiger partial charge in [0.2, 0.25) is 0 Å². The van der Waals surface area contributed by atoms with Gasteiger partial charge in [-0.2, -0.15) is 0 Å². The van der Waals surface area contributed by atoms with E-state index in [4.69, 9.17) is 0 Å². The first-order chi connectivity index (χ1) is 7.49. The highest BCUT2D eigenvalue weighted by molar-refractivity contribution is 9.10. The molecule has 90 valence electrons. The molecule has 1 aromatic carbocycles. The summed E-state index contributed by atoms with van der Waals surface area (Å²) in [6.07, 6.45) is 0. The van der Waals surface area contributed by atoms with Crippen molar-refractivity contribution in [3.63, 3.8) is 0 Å². The molecule has 1 aromatic rings. The van der Waals surface area contributed by atoms with E-state index in [1.54, 1.807) is 0 Å². The second-order valence-corrected chi connectivity index (χ2v) is 5.53. The highest BCUT2D eigenvalue weighted by atomic mass is 79.9. The Kier molecular flexibility index (Phi) is 5.46. The maximum absolute atomic E-state index is 3.53. The average Bonchev–Trinajstić information content (AvgIpc) is 2.15. The lowest BCUT2D eigenvalue weighted by molar-refractivity contribution is 0.349. The van der Waals surface area contributed by atoms with Crippen LogP contribution in [0.15, 0.2) is 22.7 Å². The number of nitrogens with one attached hydrogen (secondary N) is 1. The first-order valence-corrected chi connectivity index (χ1v) is 6.41. The van der Waals surface area contributed by atoms with Crippen molar-refractivity contribution in [1.29, 1.82) is 0 Å². The van der Waals surface area contributed by atoms with Crippen LogP contribution in [0.2, 0.25) is 0 Å². The lowest BCUT2D eigenvalue weighted by Crippen LogP contribution is -2.35. The molecule has 0 saturated carbocycles. The van der Waals surface area contributed by atoms with Gasteiger partial charge in [0.1, 0.15) is 0 Å². The van der Waals surface area contributed by atoms with E-state index in [0.29, 0.717) is 6.04 Å². The highest BCUT2D eigenvalue weighted by Gasteiger charge is 2.04. The van der Waals surface area contributed by atoms with Gasteiger partial charge in [0.25, 0.3) is 0 Å². The number of hydrogen-bond acceptors (Lipinski definition) is 2. The molecule has 0 radical (unpaired) electrons. The molecule has 0 heterocycles. The van der Waals surface area contributed by atoms with Crippen molar-refractivity contribution < 1.29 is 0 Å². The molecule has 0 bridgehead atoms. The van der Waals surface area contributed by atoms with Gasteiger partial charge in [0.15, 0.2) is 0 Å². The van der Waals surface area contributed by atoms with E-state index in [1.807, 2.05) is 0 Å². The molecule has 1 N–H and O–H groups in total. The van der Waals surface area contributed by atoms with Gasteiger partial charge in [-0.3, -0.25) is 0 Å². The van der Waals surface area contributed by atoms with E-state index < -0.39 is 0 Å². The zero-order valence-corrected chi connectivity index (χ0v) is 12.1. The monoisotopic (exact) mass is 284 g/mol. The Morgan fingerprint density at radius 3 is 2.62 bits per heavy atom. The average molecular weight is 285 g/mol. The molecule has 16 heavy (non-hydrogen) atoms. The second kappa shape index (κ2) is 6.38. The minimum atomic E-state index is 0.512. The number of likely N-dealkylation sites (N-methyl/N-ethyl adjacent to an activating group) is 1. The van der Waals surface area contributed by atoms with Gasteiger partial charge in [-0.05, 0) is 51.2 Å². The van der Waals surface area contributed by atoms with Crippen LogP contribution in [-0.4, -0.2) is 31.6 Å². The molecule has 1 atom stereocenters. The molecule has 0 aliphatic carbocycles. The van der Waals surface area contributed by atoms with Crippen molar-refractivity contribution in [2.24, 2.45) is 0 Å². The fourth-order valence-corrected chi connectivity index (χ4v) is 2.23. The molecule has 3 heteroatoms. The third kappa shape index (κ3) is 4.64. The molecule has 1 rings (SSSR count). The maximum Gasteiger partial charge on any atom is 0.0211 e. The summed E-state index contributed by atoms with van der Waals surface area (Å²) in [5.41, 5.74) is 2.70. The van der Waals surface area contributed by atoms with Gasteiger partial charge in [0.05, 0.1) is 0 Å². The lowest BCUT2D eigenvalue weighted by Gasteiger charge is -2.19. The van der Waals surface area contributed by atoms with Crippen LogP contribution >= 0.6 is 15.9 Å². The molecule has 2 nitrogen and oxygen atoms in total. The lowest BCUT2D eigenvalue weighted by atomic mass is 10.1. The Balaban J connectivity index is 2.48. The van der Waals surface area contributed by atoms with Crippen LogP contribution in [0.25, 0.3) is 0 Å². The number of rotatable bonds is 5. The third-order valence-corrected chi connectivity index (χ3v) is 3.08. The van der Waals surface area contributed by atoms with Crippen LogP contribution in [0.5, 0.6) is 0 Å². The Labute approximate surface area is 107 Å². The SMILES string of the molecule is Cc1cc(Br)ccc1CNC(C)CN(C)C. The van der Waals surface area contributed by atoms with Crippen molar-refractivity contribution in [3.8, 4) is 0 Å². The van der Waals surface area contributed by atoms with Gasteiger partial charge >= 0.3 is 0 Å². The third-order valence-electron chi connectivity index (χ3n) is 2.58. The summed E-state index contributed by atoms with van der Waals surface area (Å²) in [5, 5.41) is 3.53. The molecule has 0 spiro atoms. The normalized spacial score (nSPS) is 13.1. The van der Waals surface area contributed by atoms with Crippen molar-refractivity contribution in [2.75, 3.05) is 20.6 Å². The molecule has 0 amide bonds. The summed E-state index contributed by atoms with van der Waals surface area (Å²) in [6, 6.07) is 6.95. The van der Waals surface area contributed by atoms with Crippen LogP contribution in [0.4, 0.5) is 0 Å². The van der Waals surface area contributed by atoms with Crippen molar-refractivity contribution in [3.05, 3.63) is 33.8 Å². The number of benzene rings is 1. The first kappa shape index (κ1) is 13.7. The first-order valence-electron chi connectivity index (χ1n) is 5.62. The molecule has 0 aromatic heterocycles. The number of hydrogen-bond donors (Lipinski definition) is 1. The van der Waals surface area contributed by atoms with Crippen LogP contribution in [-0.2, 0) is 6.54 Å². The summed E-state index contributed by atoms with van der Waals surface area (Å²) in [6.45, 7) is 6.37. The highest BCUT2D eigenvalue weighted by Crippen LogP contribution is 2.15. The maximum atomic E-state index is 3.53. The van der Waals surface area contributed by atoms with Crippen LogP contribution < -0.4 is 5.32 Å². The predicted molar refractivity (Wildman–Crippen MR) is 73.7 cm³/mol. The van der Waals surface area contributed by atoms with Gasteiger partial charge in [-0.1, -0.05) is 22.0 Å². The summed E-state index contributed by atoms with van der Waals surface area (Å²) in [7, 11) is 4.20. The molecule has 0 saturated heterocycles. The standard InChI is InChI=1S/C13H21BrN2/c1-10-7-13(14)6-5-12(10)8-15-11(2)9-16(3)4/h5-7,11,15H,8-9H2,1-4H3. The zero-order chi connectivity index (χ0) is 12.1. The summed E-state index contributed by atoms with van der Waals surface area (Å²) < 4.78 is 1.15. The fraction of sp³-hybridized carbons (Fsp3) is 0.538. The van der Waals surface area contributed by atoms with Gasteiger partial charge in [-0.25, -0.2) is 0 Å². The van der Waals surface area contributed by atoms with Crippen molar-refractivity contribution >= 4 is 15.9 Å². The molecule has 0 aliphatic heterocycles. The summed E-state index contributed by atoms with van der Waals surface area (Å²) in [4.78, 5) is 2.20. The van der Waals surface area contributed by atoms with E-state index in [1.165, 1.54) is 11.1 Å². The van der Waals surface area contributed by atoms with Crippen LogP contribution in [0.1, 0.15) is 18.1 Å². The number of aryl methyl sites for hydroxylation is 1. The minimum Gasteiger partial charge on any atom is -0.309 e. The fourth-order valence-electron chi connectivity index (χ4n) is 1.75. The zero-order valence-electron chi connectivity index (χ0n) is 10.5. The van der Waals surface area contributed by atoms with Crippen LogP contribution in [0, 0.1) is 6.92 Å². The molecular formula is C13H21BrN2. The molecule has 0 aliphatic rings. The second-order valence-electron chi connectivity index (χ2n) is 4.61. The van der Waals surface area contributed by atoms with E-state index in [2.05, 4.69) is 72.3 Å². The summed E-state index contributed by atoms with van der Waals surface area (Å²) >= 11 is 3.48. The Hall–Kier alpha value is -0.380. The topological polar surface area (TPSA) is 15.3 Å². The van der Waals surface area contributed by atoms with Crippen LogP contribution in [0.3, 0.4) is 0 Å². The van der Waals surface area contributed by atoms with Gasteiger partial charge in [-0.15, -0.1) is 0 Å². The largest absolute Gasteiger partial charge is 0.309 e. The van der Waals surface area contributed by atoms with Gasteiger partial charge < -0.3 is 10.2 Å². The molecular weight excluding hydrogens is 264 g/mol. The number of halogens is 1. The molecule has 1 unspecified atom stereocenters. The van der Waals surface area contributed by atoms with Crippen molar-refractivity contribution in [2.45, 2.75) is 26.4 Å². The van der Waals surface area contributed by atoms with E-state index >= 15 is 0 Å². The van der Waals surface area contributed by atoms with Crippen molar-refractivity contribution in [1.82, 2.24) is 10.2 Å². The smallest absolute Gasteiger partial charge is 0.0211 e. The van der Waals surface area contributed by atoms with E-state index in [9.17, 15) is 0 Å². The Morgan fingerprint density at radius 1 is 1.38 bits per heavy atom. The van der Waals surface area contributed by atoms with Gasteiger partial charge in [0, 0.05) is 23.6 Å². The molecule has 0 fully saturated rings. The quantitative estimate of drug-likeness (QED) is 0.895. The van der Waals surface area contributed by atoms with E-state index in [0.717, 1.165) is 17.6 Å². The predicted octanol–water partition coefficient (Wildman–Crippen LogP) is 2.80.